The van der Waals surface area contributed by atoms with Crippen LogP contribution >= 0.6 is 11.6 Å². The van der Waals surface area contributed by atoms with E-state index in [0.717, 1.165) is 30.1 Å². The molecule has 0 heterocycles. The Kier molecular flexibility index (Phi) is 5.40. The summed E-state index contributed by atoms with van der Waals surface area (Å²) in [6.07, 6.45) is 0.992. The highest BCUT2D eigenvalue weighted by molar-refractivity contribution is 6.30. The summed E-state index contributed by atoms with van der Waals surface area (Å²) in [6.45, 7) is 1.88. The van der Waals surface area contributed by atoms with Crippen LogP contribution in [0.4, 0.5) is 0 Å². The van der Waals surface area contributed by atoms with Gasteiger partial charge in [-0.1, -0.05) is 48.0 Å². The van der Waals surface area contributed by atoms with Gasteiger partial charge in [0, 0.05) is 11.6 Å². The molecule has 0 radical (unpaired) electrons. The van der Waals surface area contributed by atoms with Crippen LogP contribution in [0.1, 0.15) is 16.7 Å². The van der Waals surface area contributed by atoms with E-state index in [1.54, 1.807) is 0 Å². The van der Waals surface area contributed by atoms with Crippen molar-refractivity contribution in [2.24, 2.45) is 0 Å². The average molecular weight is 276 g/mol. The number of hydrogen-bond acceptors (Lipinski definition) is 2. The molecular formula is C16H18ClNO. The largest absolute Gasteiger partial charge is 0.392 e. The van der Waals surface area contributed by atoms with E-state index in [-0.39, 0.29) is 6.61 Å². The van der Waals surface area contributed by atoms with Gasteiger partial charge < -0.3 is 10.4 Å². The number of hydrogen-bond donors (Lipinski definition) is 2. The Morgan fingerprint density at radius 3 is 2.05 bits per heavy atom. The van der Waals surface area contributed by atoms with E-state index in [1.807, 2.05) is 36.4 Å². The van der Waals surface area contributed by atoms with Crippen molar-refractivity contribution in [3.8, 4) is 0 Å². The second kappa shape index (κ2) is 7.29. The molecule has 100 valence electrons. The van der Waals surface area contributed by atoms with Crippen molar-refractivity contribution in [2.45, 2.75) is 19.6 Å². The van der Waals surface area contributed by atoms with Crippen molar-refractivity contribution in [1.82, 2.24) is 5.32 Å². The first kappa shape index (κ1) is 14.1. The number of aliphatic hydroxyl groups excluding tert-OH is 1. The number of halogens is 1. The quantitative estimate of drug-likeness (QED) is 0.794. The van der Waals surface area contributed by atoms with Crippen LogP contribution < -0.4 is 5.32 Å². The van der Waals surface area contributed by atoms with E-state index < -0.39 is 0 Å². The van der Waals surface area contributed by atoms with E-state index in [9.17, 15) is 0 Å². The molecule has 2 nitrogen and oxygen atoms in total. The molecule has 0 aliphatic carbocycles. The number of benzene rings is 2. The third-order valence-corrected chi connectivity index (χ3v) is 3.29. The first-order valence-electron chi connectivity index (χ1n) is 6.42. The summed E-state index contributed by atoms with van der Waals surface area (Å²) in [7, 11) is 0. The van der Waals surface area contributed by atoms with Crippen LogP contribution in [0, 0.1) is 0 Å². The maximum atomic E-state index is 8.96. The second-order valence-corrected chi connectivity index (χ2v) is 4.96. The Morgan fingerprint density at radius 2 is 1.42 bits per heavy atom. The Labute approximate surface area is 119 Å². The van der Waals surface area contributed by atoms with E-state index in [0.29, 0.717) is 0 Å². The minimum atomic E-state index is 0.101. The second-order valence-electron chi connectivity index (χ2n) is 4.53. The van der Waals surface area contributed by atoms with Crippen LogP contribution in [0.2, 0.25) is 5.02 Å². The third-order valence-electron chi connectivity index (χ3n) is 3.04. The van der Waals surface area contributed by atoms with Gasteiger partial charge >= 0.3 is 0 Å². The van der Waals surface area contributed by atoms with Crippen LogP contribution in [0.25, 0.3) is 0 Å². The monoisotopic (exact) mass is 275 g/mol. The molecule has 2 N–H and O–H groups in total. The summed E-state index contributed by atoms with van der Waals surface area (Å²) < 4.78 is 0. The van der Waals surface area contributed by atoms with E-state index in [2.05, 4.69) is 17.4 Å². The predicted octanol–water partition coefficient (Wildman–Crippen LogP) is 3.16. The molecule has 2 aromatic rings. The highest BCUT2D eigenvalue weighted by atomic mass is 35.5. The van der Waals surface area contributed by atoms with Crippen LogP contribution in [-0.2, 0) is 19.6 Å². The van der Waals surface area contributed by atoms with Gasteiger partial charge in [0.25, 0.3) is 0 Å². The highest BCUT2D eigenvalue weighted by Crippen LogP contribution is 2.09. The van der Waals surface area contributed by atoms with Gasteiger partial charge in [0.15, 0.2) is 0 Å². The Bertz CT molecular complexity index is 493. The molecule has 0 atom stereocenters. The van der Waals surface area contributed by atoms with Gasteiger partial charge in [-0.3, -0.25) is 0 Å². The fourth-order valence-corrected chi connectivity index (χ4v) is 2.01. The molecule has 0 bridgehead atoms. The van der Waals surface area contributed by atoms with Gasteiger partial charge in [-0.2, -0.15) is 0 Å². The minimum absolute atomic E-state index is 0.101. The molecule has 0 amide bonds. The molecular weight excluding hydrogens is 258 g/mol. The fraction of sp³-hybridized carbons (Fsp3) is 0.250. The highest BCUT2D eigenvalue weighted by Gasteiger charge is 1.96. The molecule has 0 saturated carbocycles. The predicted molar refractivity (Wildman–Crippen MR) is 79.2 cm³/mol. The molecule has 0 aliphatic heterocycles. The zero-order valence-electron chi connectivity index (χ0n) is 10.8. The van der Waals surface area contributed by atoms with Gasteiger partial charge in [0.2, 0.25) is 0 Å². The van der Waals surface area contributed by atoms with Crippen molar-refractivity contribution in [2.75, 3.05) is 6.54 Å². The molecule has 19 heavy (non-hydrogen) atoms. The Balaban J connectivity index is 1.72. The summed E-state index contributed by atoms with van der Waals surface area (Å²) in [5, 5.41) is 13.1. The van der Waals surface area contributed by atoms with Gasteiger partial charge in [-0.05, 0) is 41.8 Å². The Morgan fingerprint density at radius 1 is 0.842 bits per heavy atom. The fourth-order valence-electron chi connectivity index (χ4n) is 1.88. The van der Waals surface area contributed by atoms with Gasteiger partial charge in [0.1, 0.15) is 0 Å². The van der Waals surface area contributed by atoms with Crippen molar-refractivity contribution < 1.29 is 5.11 Å². The van der Waals surface area contributed by atoms with Crippen molar-refractivity contribution in [3.05, 3.63) is 70.2 Å². The number of aliphatic hydroxyl groups is 1. The summed E-state index contributed by atoms with van der Waals surface area (Å²) in [5.41, 5.74) is 3.46. The van der Waals surface area contributed by atoms with E-state index in [1.165, 1.54) is 11.1 Å². The maximum absolute atomic E-state index is 8.96. The lowest BCUT2D eigenvalue weighted by molar-refractivity contribution is 0.282. The maximum Gasteiger partial charge on any atom is 0.0681 e. The molecule has 0 unspecified atom stereocenters. The van der Waals surface area contributed by atoms with Crippen molar-refractivity contribution >= 4 is 11.6 Å². The lowest BCUT2D eigenvalue weighted by atomic mass is 10.1. The minimum Gasteiger partial charge on any atom is -0.392 e. The smallest absolute Gasteiger partial charge is 0.0681 e. The molecule has 0 fully saturated rings. The standard InChI is InChI=1S/C16H18ClNO/c17-16-7-5-13(6-8-16)9-10-18-11-14-1-3-15(12-19)4-2-14/h1-8,18-19H,9-12H2. The molecule has 0 spiro atoms. The molecule has 2 aromatic carbocycles. The van der Waals surface area contributed by atoms with Crippen molar-refractivity contribution in [3.63, 3.8) is 0 Å². The Hall–Kier alpha value is -1.35. The van der Waals surface area contributed by atoms with Gasteiger partial charge in [-0.15, -0.1) is 0 Å². The van der Waals surface area contributed by atoms with E-state index >= 15 is 0 Å². The number of rotatable bonds is 6. The first-order valence-corrected chi connectivity index (χ1v) is 6.79. The zero-order valence-corrected chi connectivity index (χ0v) is 11.5. The molecule has 3 heteroatoms. The molecule has 2 rings (SSSR count). The summed E-state index contributed by atoms with van der Waals surface area (Å²) in [5.74, 6) is 0. The SMILES string of the molecule is OCc1ccc(CNCCc2ccc(Cl)cc2)cc1. The average Bonchev–Trinajstić information content (AvgIpc) is 2.46. The van der Waals surface area contributed by atoms with Gasteiger partial charge in [-0.25, -0.2) is 0 Å². The summed E-state index contributed by atoms with van der Waals surface area (Å²) in [4.78, 5) is 0. The van der Waals surface area contributed by atoms with Gasteiger partial charge in [0.05, 0.1) is 6.61 Å². The van der Waals surface area contributed by atoms with Crippen LogP contribution in [0.15, 0.2) is 48.5 Å². The molecule has 0 aromatic heterocycles. The summed E-state index contributed by atoms with van der Waals surface area (Å²) >= 11 is 5.84. The topological polar surface area (TPSA) is 32.3 Å². The van der Waals surface area contributed by atoms with Crippen LogP contribution in [0.3, 0.4) is 0 Å². The van der Waals surface area contributed by atoms with E-state index in [4.69, 9.17) is 16.7 Å². The lowest BCUT2D eigenvalue weighted by Gasteiger charge is -2.06. The molecule has 0 saturated heterocycles. The zero-order chi connectivity index (χ0) is 13.5. The van der Waals surface area contributed by atoms with Crippen LogP contribution in [-0.4, -0.2) is 11.7 Å². The number of nitrogens with one attached hydrogen (secondary N) is 1. The third kappa shape index (κ3) is 4.67. The van der Waals surface area contributed by atoms with Crippen molar-refractivity contribution in [1.29, 1.82) is 0 Å². The molecule has 0 aliphatic rings. The lowest BCUT2D eigenvalue weighted by Crippen LogP contribution is -2.16. The first-order chi connectivity index (χ1) is 9.28. The normalized spacial score (nSPS) is 10.6. The summed E-state index contributed by atoms with van der Waals surface area (Å²) in [6, 6.07) is 15.9. The van der Waals surface area contributed by atoms with Crippen LogP contribution in [0.5, 0.6) is 0 Å².